The van der Waals surface area contributed by atoms with Crippen molar-refractivity contribution in [2.75, 3.05) is 32.8 Å². The van der Waals surface area contributed by atoms with Gasteiger partial charge in [0.1, 0.15) is 10.8 Å². The van der Waals surface area contributed by atoms with E-state index in [9.17, 15) is 14.0 Å². The van der Waals surface area contributed by atoms with Gasteiger partial charge in [0, 0.05) is 62.6 Å². The number of urea groups is 1. The van der Waals surface area contributed by atoms with Gasteiger partial charge >= 0.3 is 12.0 Å². The lowest BCUT2D eigenvalue weighted by Crippen LogP contribution is -2.48. The molecule has 10 heteroatoms. The number of aromatic carboxylic acids is 1. The van der Waals surface area contributed by atoms with Gasteiger partial charge in [-0.15, -0.1) is 0 Å². The van der Waals surface area contributed by atoms with Crippen LogP contribution < -0.4 is 0 Å². The van der Waals surface area contributed by atoms with Gasteiger partial charge in [0.15, 0.2) is 0 Å². The number of nitrogens with zero attached hydrogens (tertiary/aromatic N) is 4. The first-order valence-electron chi connectivity index (χ1n) is 14.6. The van der Waals surface area contributed by atoms with Crippen molar-refractivity contribution >= 4 is 23.8 Å². The summed E-state index contributed by atoms with van der Waals surface area (Å²) in [6, 6.07) is 17.8. The molecule has 3 aromatic rings. The molecule has 0 bridgehead atoms. The summed E-state index contributed by atoms with van der Waals surface area (Å²) in [5, 5.41) is 9.93. The van der Waals surface area contributed by atoms with Gasteiger partial charge in [-0.1, -0.05) is 30.0 Å². The van der Waals surface area contributed by atoms with Gasteiger partial charge in [0.2, 0.25) is 0 Å². The van der Waals surface area contributed by atoms with Crippen LogP contribution in [0.15, 0.2) is 76.8 Å². The number of piperidine rings is 1. The molecule has 0 unspecified atom stereocenters. The minimum absolute atomic E-state index is 0.0736. The Balaban J connectivity index is 1.07. The van der Waals surface area contributed by atoms with Crippen molar-refractivity contribution in [3.8, 4) is 0 Å². The summed E-state index contributed by atoms with van der Waals surface area (Å²) in [7, 11) is 0. The number of ether oxygens (including phenoxy) is 1. The summed E-state index contributed by atoms with van der Waals surface area (Å²) in [6.07, 6.45) is 5.32. The Morgan fingerprint density at radius 2 is 1.76 bits per heavy atom. The van der Waals surface area contributed by atoms with Gasteiger partial charge in [-0.3, -0.25) is 4.90 Å². The molecule has 6 rings (SSSR count). The van der Waals surface area contributed by atoms with Crippen molar-refractivity contribution in [1.82, 2.24) is 19.7 Å². The molecule has 0 saturated carbocycles. The van der Waals surface area contributed by atoms with Crippen LogP contribution in [0.3, 0.4) is 0 Å². The third-order valence-corrected chi connectivity index (χ3v) is 9.47. The molecule has 3 aliphatic heterocycles. The standard InChI is InChI=1S/C32H35FN4O4S/c33-25-3-1-2-24(18-25)29-21-36(26-12-16-41-17-13-26)32(40)37(29)27-10-14-35(15-11-27)20-22-4-9-30(34-19-22)42-28-7-5-23(6-8-28)31(38)39/h1-9,18-19,26-27,29H,10-17,20-21H2,(H,38,39)/t29-/m0/s1. The van der Waals surface area contributed by atoms with Gasteiger partial charge < -0.3 is 19.6 Å². The van der Waals surface area contributed by atoms with E-state index in [-0.39, 0.29) is 35.5 Å². The van der Waals surface area contributed by atoms with Gasteiger partial charge in [-0.05, 0) is 79.3 Å². The SMILES string of the molecule is O=C(O)c1ccc(Sc2ccc(CN3CCC(N4C(=O)N(C5CCOCC5)C[C@H]4c4cccc(F)c4)CC3)cn2)cc1. The number of carbonyl (C=O) groups is 2. The molecular formula is C32H35FN4O4S. The molecule has 0 spiro atoms. The molecule has 220 valence electrons. The summed E-state index contributed by atoms with van der Waals surface area (Å²) < 4.78 is 19.7. The lowest BCUT2D eigenvalue weighted by Gasteiger charge is -2.39. The molecule has 1 aromatic heterocycles. The van der Waals surface area contributed by atoms with Crippen LogP contribution in [-0.2, 0) is 11.3 Å². The van der Waals surface area contributed by atoms with E-state index < -0.39 is 5.97 Å². The van der Waals surface area contributed by atoms with Crippen molar-refractivity contribution in [1.29, 1.82) is 0 Å². The Kier molecular flexibility index (Phi) is 8.73. The average molecular weight is 591 g/mol. The number of amides is 2. The first kappa shape index (κ1) is 28.6. The van der Waals surface area contributed by atoms with E-state index in [1.165, 1.54) is 17.8 Å². The third kappa shape index (κ3) is 6.45. The van der Waals surface area contributed by atoms with Gasteiger partial charge in [-0.25, -0.2) is 19.0 Å². The molecule has 1 atom stereocenters. The summed E-state index contributed by atoms with van der Waals surface area (Å²) in [5.74, 6) is -1.21. The maximum atomic E-state index is 14.2. The molecule has 2 aromatic carbocycles. The number of hydrogen-bond donors (Lipinski definition) is 1. The van der Waals surface area contributed by atoms with Crippen molar-refractivity contribution in [2.45, 2.75) is 60.3 Å². The van der Waals surface area contributed by atoms with Crippen molar-refractivity contribution in [2.24, 2.45) is 0 Å². The lowest BCUT2D eigenvalue weighted by atomic mass is 9.98. The smallest absolute Gasteiger partial charge is 0.335 e. The van der Waals surface area contributed by atoms with E-state index in [1.54, 1.807) is 36.4 Å². The topological polar surface area (TPSA) is 86.2 Å². The maximum Gasteiger partial charge on any atom is 0.335 e. The number of carbonyl (C=O) groups excluding carboxylic acids is 1. The summed E-state index contributed by atoms with van der Waals surface area (Å²) >= 11 is 1.50. The first-order chi connectivity index (χ1) is 20.4. The fourth-order valence-corrected chi connectivity index (χ4v) is 7.05. The van der Waals surface area contributed by atoms with Crippen LogP contribution in [-0.4, -0.2) is 81.7 Å². The number of halogens is 1. The first-order valence-corrected chi connectivity index (χ1v) is 15.4. The normalized spacial score (nSPS) is 20.8. The molecule has 42 heavy (non-hydrogen) atoms. The summed E-state index contributed by atoms with van der Waals surface area (Å²) in [4.78, 5) is 36.9. The van der Waals surface area contributed by atoms with Crippen LogP contribution in [0.5, 0.6) is 0 Å². The van der Waals surface area contributed by atoms with Crippen LogP contribution in [0.1, 0.15) is 53.2 Å². The number of carboxylic acid groups (broad SMARTS) is 1. The zero-order valence-corrected chi connectivity index (χ0v) is 24.2. The molecule has 3 fully saturated rings. The fourth-order valence-electron chi connectivity index (χ4n) is 6.29. The molecule has 0 aliphatic carbocycles. The van der Waals surface area contributed by atoms with E-state index in [0.717, 1.165) is 66.4 Å². The maximum absolute atomic E-state index is 14.2. The van der Waals surface area contributed by atoms with Crippen molar-refractivity contribution in [3.05, 3.63) is 89.4 Å². The van der Waals surface area contributed by atoms with Gasteiger partial charge in [0.05, 0.1) is 11.6 Å². The minimum Gasteiger partial charge on any atom is -0.478 e. The molecule has 1 N–H and O–H groups in total. The summed E-state index contributed by atoms with van der Waals surface area (Å²) in [6.45, 7) is 4.46. The Hall–Kier alpha value is -3.47. The van der Waals surface area contributed by atoms with Crippen LogP contribution in [0.4, 0.5) is 9.18 Å². The highest BCUT2D eigenvalue weighted by atomic mass is 32.2. The molecule has 0 radical (unpaired) electrons. The highest BCUT2D eigenvalue weighted by Gasteiger charge is 2.45. The highest BCUT2D eigenvalue weighted by Crippen LogP contribution is 2.37. The molecule has 3 saturated heterocycles. The molecule has 2 amide bonds. The number of rotatable bonds is 8. The van der Waals surface area contributed by atoms with Crippen LogP contribution in [0, 0.1) is 5.82 Å². The summed E-state index contributed by atoms with van der Waals surface area (Å²) in [5.41, 5.74) is 2.25. The Labute approximate surface area is 249 Å². The quantitative estimate of drug-likeness (QED) is 0.361. The lowest BCUT2D eigenvalue weighted by molar-refractivity contribution is 0.0493. The van der Waals surface area contributed by atoms with E-state index in [2.05, 4.69) is 16.0 Å². The fraction of sp³-hybridized carbons (Fsp3) is 0.406. The highest BCUT2D eigenvalue weighted by molar-refractivity contribution is 7.99. The number of benzene rings is 2. The minimum atomic E-state index is -0.937. The van der Waals surface area contributed by atoms with Crippen molar-refractivity contribution < 1.29 is 23.8 Å². The third-order valence-electron chi connectivity index (χ3n) is 8.52. The molecule has 4 heterocycles. The van der Waals surface area contributed by atoms with E-state index in [0.29, 0.717) is 19.8 Å². The van der Waals surface area contributed by atoms with E-state index >= 15 is 0 Å². The molecular weight excluding hydrogens is 555 g/mol. The number of hydrogen-bond acceptors (Lipinski definition) is 6. The largest absolute Gasteiger partial charge is 0.478 e. The number of carboxylic acids is 1. The predicted molar refractivity (Wildman–Crippen MR) is 157 cm³/mol. The zero-order valence-electron chi connectivity index (χ0n) is 23.4. The number of pyridine rings is 1. The van der Waals surface area contributed by atoms with Crippen molar-refractivity contribution in [3.63, 3.8) is 0 Å². The average Bonchev–Trinajstić information content (AvgIpc) is 3.36. The zero-order chi connectivity index (χ0) is 29.1. The van der Waals surface area contributed by atoms with E-state index in [1.807, 2.05) is 28.1 Å². The molecule has 3 aliphatic rings. The Morgan fingerprint density at radius 1 is 1.00 bits per heavy atom. The van der Waals surface area contributed by atoms with Crippen LogP contribution in [0.2, 0.25) is 0 Å². The van der Waals surface area contributed by atoms with Gasteiger partial charge in [0.25, 0.3) is 0 Å². The van der Waals surface area contributed by atoms with Crippen LogP contribution in [0.25, 0.3) is 0 Å². The monoisotopic (exact) mass is 590 g/mol. The second-order valence-electron chi connectivity index (χ2n) is 11.2. The number of aromatic nitrogens is 1. The Morgan fingerprint density at radius 3 is 2.43 bits per heavy atom. The van der Waals surface area contributed by atoms with Gasteiger partial charge in [-0.2, -0.15) is 0 Å². The Bertz CT molecular complexity index is 1390. The second-order valence-corrected chi connectivity index (χ2v) is 12.3. The van der Waals surface area contributed by atoms with Crippen LogP contribution >= 0.6 is 11.8 Å². The molecule has 8 nitrogen and oxygen atoms in total. The second kappa shape index (κ2) is 12.8. The number of likely N-dealkylation sites (tertiary alicyclic amines) is 1. The predicted octanol–water partition coefficient (Wildman–Crippen LogP) is 5.69. The van der Waals surface area contributed by atoms with E-state index in [4.69, 9.17) is 9.84 Å².